The van der Waals surface area contributed by atoms with Crippen molar-refractivity contribution in [2.75, 3.05) is 0 Å². The van der Waals surface area contributed by atoms with Crippen LogP contribution >= 0.6 is 0 Å². The number of hydrogen-bond acceptors (Lipinski definition) is 2. The van der Waals surface area contributed by atoms with Crippen LogP contribution in [-0.4, -0.2) is 22.4 Å². The minimum Gasteiger partial charge on any atom is -0.393 e. The Balaban J connectivity index is 1.92. The summed E-state index contributed by atoms with van der Waals surface area (Å²) in [6.07, 6.45) is 27.8. The first-order chi connectivity index (χ1) is 19.6. The Morgan fingerprint density at radius 3 is 1.69 bits per heavy atom. The van der Waals surface area contributed by atoms with Gasteiger partial charge in [0.05, 0.1) is 12.2 Å². The summed E-state index contributed by atoms with van der Waals surface area (Å²) in [4.78, 5) is 0. The van der Waals surface area contributed by atoms with E-state index in [9.17, 15) is 10.2 Å². The number of hydrogen-bond donors (Lipinski definition) is 2. The molecule has 0 amide bonds. The van der Waals surface area contributed by atoms with Crippen molar-refractivity contribution in [3.05, 3.63) is 117 Å². The second-order valence-electron chi connectivity index (χ2n) is 13.5. The fourth-order valence-corrected chi connectivity index (χ4v) is 5.95. The van der Waals surface area contributed by atoms with Crippen LogP contribution in [0, 0.1) is 22.7 Å². The average molecular weight is 567 g/mol. The molecular formula is C40H54O2. The summed E-state index contributed by atoms with van der Waals surface area (Å²) in [6, 6.07) is 0. The maximum absolute atomic E-state index is 10.1. The van der Waals surface area contributed by atoms with Crippen LogP contribution < -0.4 is 0 Å². The van der Waals surface area contributed by atoms with Gasteiger partial charge in [-0.05, 0) is 83.8 Å². The van der Waals surface area contributed by atoms with Gasteiger partial charge in [-0.15, -0.1) is 0 Å². The van der Waals surface area contributed by atoms with E-state index in [0.717, 1.165) is 36.8 Å². The molecule has 0 aliphatic heterocycles. The van der Waals surface area contributed by atoms with Crippen LogP contribution in [-0.2, 0) is 0 Å². The van der Waals surface area contributed by atoms with Gasteiger partial charge in [-0.3, -0.25) is 0 Å². The van der Waals surface area contributed by atoms with Crippen LogP contribution in [0.5, 0.6) is 0 Å². The summed E-state index contributed by atoms with van der Waals surface area (Å²) in [5, 5.41) is 20.2. The lowest BCUT2D eigenvalue weighted by molar-refractivity contribution is 0.116. The summed E-state index contributed by atoms with van der Waals surface area (Å²) in [6.45, 7) is 21.3. The van der Waals surface area contributed by atoms with Gasteiger partial charge in [0.2, 0.25) is 0 Å². The molecule has 2 heteroatoms. The molecule has 2 rings (SSSR count). The van der Waals surface area contributed by atoms with Gasteiger partial charge in [0.15, 0.2) is 0 Å². The number of allylic oxidation sites excluding steroid dienone is 18. The van der Waals surface area contributed by atoms with Crippen molar-refractivity contribution in [1.29, 1.82) is 0 Å². The van der Waals surface area contributed by atoms with Crippen LogP contribution in [0.15, 0.2) is 117 Å². The Kier molecular flexibility index (Phi) is 13.3. The number of aliphatic hydroxyl groups excluding tert-OH is 2. The van der Waals surface area contributed by atoms with E-state index in [1.807, 2.05) is 19.1 Å². The number of rotatable bonds is 8. The fraction of sp³-hybridized carbons (Fsp3) is 0.450. The molecule has 0 heterocycles. The van der Waals surface area contributed by atoms with Crippen LogP contribution in [0.25, 0.3) is 0 Å². The first kappa shape index (κ1) is 35.1. The highest BCUT2D eigenvalue weighted by Gasteiger charge is 2.32. The third kappa shape index (κ3) is 11.6. The monoisotopic (exact) mass is 566 g/mol. The third-order valence-corrected chi connectivity index (χ3v) is 8.02. The van der Waals surface area contributed by atoms with Crippen molar-refractivity contribution >= 4 is 0 Å². The van der Waals surface area contributed by atoms with Crippen LogP contribution in [0.2, 0.25) is 0 Å². The van der Waals surface area contributed by atoms with Gasteiger partial charge < -0.3 is 10.2 Å². The van der Waals surface area contributed by atoms with E-state index < -0.39 is 0 Å². The zero-order valence-electron chi connectivity index (χ0n) is 27.8. The molecule has 0 aromatic rings. The highest BCUT2D eigenvalue weighted by Crippen LogP contribution is 2.41. The fourth-order valence-electron chi connectivity index (χ4n) is 5.95. The van der Waals surface area contributed by atoms with E-state index >= 15 is 0 Å². The molecule has 0 unspecified atom stereocenters. The number of aliphatic hydroxyl groups is 2. The third-order valence-electron chi connectivity index (χ3n) is 8.02. The van der Waals surface area contributed by atoms with Gasteiger partial charge in [0, 0.05) is 11.0 Å². The maximum Gasteiger partial charge on any atom is 0.0586 e. The van der Waals surface area contributed by atoms with Crippen LogP contribution in [0.3, 0.4) is 0 Å². The van der Waals surface area contributed by atoms with Gasteiger partial charge in [-0.25, -0.2) is 0 Å². The van der Waals surface area contributed by atoms with E-state index in [0.29, 0.717) is 0 Å². The summed E-state index contributed by atoms with van der Waals surface area (Å²) in [5.74, 6) is 6.68. The van der Waals surface area contributed by atoms with Crippen LogP contribution in [0.4, 0.5) is 0 Å². The second kappa shape index (κ2) is 15.9. The molecule has 0 saturated carbocycles. The average Bonchev–Trinajstić information content (AvgIpc) is 2.84. The Hall–Kier alpha value is -3.12. The summed E-state index contributed by atoms with van der Waals surface area (Å²) < 4.78 is 0. The molecule has 0 fully saturated rings. The molecule has 2 N–H and O–H groups in total. The molecule has 0 aromatic carbocycles. The molecule has 2 atom stereocenters. The van der Waals surface area contributed by atoms with Gasteiger partial charge in [0.1, 0.15) is 0 Å². The Bertz CT molecular complexity index is 1340. The minimum atomic E-state index is -0.260. The van der Waals surface area contributed by atoms with E-state index in [4.69, 9.17) is 0 Å². The normalized spacial score (nSPS) is 24.5. The predicted molar refractivity (Wildman–Crippen MR) is 183 cm³/mol. The molecule has 0 aromatic heterocycles. The van der Waals surface area contributed by atoms with E-state index in [2.05, 4.69) is 135 Å². The van der Waals surface area contributed by atoms with E-state index in [1.165, 1.54) is 33.4 Å². The van der Waals surface area contributed by atoms with Gasteiger partial charge in [-0.2, -0.15) is 0 Å². The van der Waals surface area contributed by atoms with E-state index in [-0.39, 0.29) is 23.0 Å². The van der Waals surface area contributed by atoms with E-state index in [1.54, 1.807) is 0 Å². The summed E-state index contributed by atoms with van der Waals surface area (Å²) in [5.41, 5.74) is 9.48. The first-order valence-corrected chi connectivity index (χ1v) is 15.3. The zero-order valence-corrected chi connectivity index (χ0v) is 27.8. The molecule has 0 saturated heterocycles. The van der Waals surface area contributed by atoms with Crippen molar-refractivity contribution in [2.24, 2.45) is 10.8 Å². The lowest BCUT2D eigenvalue weighted by atomic mass is 9.71. The van der Waals surface area contributed by atoms with Gasteiger partial charge >= 0.3 is 0 Å². The molecule has 2 aliphatic rings. The summed E-state index contributed by atoms with van der Waals surface area (Å²) >= 11 is 0. The standard InChI is InChI=1S/C40H54O2/c1-29(17-13-19-31(3)21-23-37-33(5)25-35(41)27-39(37,7)8)15-11-12-16-30(2)18-14-20-32(4)22-24-38-34(6)26-36(42)28-40(38,9)10/h11-21,23,35-36,41-42H,25-28H2,1-10H3/b12-11+,17-13+,18-14+,23-21+,29-15+,30-16+,31-19+,32-20-/t35-,36-/m1/s1. The Morgan fingerprint density at radius 1 is 0.667 bits per heavy atom. The molecule has 0 bridgehead atoms. The Labute approximate surface area is 257 Å². The molecule has 2 nitrogen and oxygen atoms in total. The zero-order chi connectivity index (χ0) is 31.5. The van der Waals surface area contributed by atoms with Crippen molar-refractivity contribution in [1.82, 2.24) is 0 Å². The minimum absolute atomic E-state index is 0.00283. The molecule has 0 spiro atoms. The van der Waals surface area contributed by atoms with Gasteiger partial charge in [-0.1, -0.05) is 140 Å². The van der Waals surface area contributed by atoms with Crippen molar-refractivity contribution in [2.45, 2.75) is 107 Å². The first-order valence-electron chi connectivity index (χ1n) is 15.3. The van der Waals surface area contributed by atoms with Gasteiger partial charge in [0.25, 0.3) is 0 Å². The second-order valence-corrected chi connectivity index (χ2v) is 13.5. The molecule has 2 aliphatic carbocycles. The van der Waals surface area contributed by atoms with Crippen LogP contribution in [0.1, 0.15) is 94.9 Å². The maximum atomic E-state index is 10.1. The molecule has 226 valence electrons. The SMILES string of the molecule is CC1=C(C#C\C(C)=C/C=C/C(C)=C/C=C/C=C(C)/C=C/C=C(C)/C=C/C2=C(C)C[C@@H](O)CC2(C)C)C(C)(C)C[C@H](O)C1. The smallest absolute Gasteiger partial charge is 0.0586 e. The predicted octanol–water partition coefficient (Wildman–Crippen LogP) is 9.99. The highest BCUT2D eigenvalue weighted by atomic mass is 16.3. The van der Waals surface area contributed by atoms with Crippen molar-refractivity contribution in [3.63, 3.8) is 0 Å². The molecule has 0 radical (unpaired) electrons. The van der Waals surface area contributed by atoms with Crippen molar-refractivity contribution < 1.29 is 10.2 Å². The highest BCUT2D eigenvalue weighted by molar-refractivity contribution is 5.45. The lowest BCUT2D eigenvalue weighted by Gasteiger charge is -2.35. The quantitative estimate of drug-likeness (QED) is 0.227. The molecular weight excluding hydrogens is 512 g/mol. The van der Waals surface area contributed by atoms with Crippen molar-refractivity contribution in [3.8, 4) is 11.8 Å². The Morgan fingerprint density at radius 2 is 1.14 bits per heavy atom. The molecule has 42 heavy (non-hydrogen) atoms. The lowest BCUT2D eigenvalue weighted by Crippen LogP contribution is -2.28. The largest absolute Gasteiger partial charge is 0.393 e. The topological polar surface area (TPSA) is 40.5 Å². The summed E-state index contributed by atoms with van der Waals surface area (Å²) in [7, 11) is 0.